The Labute approximate surface area is 111 Å². The Morgan fingerprint density at radius 2 is 2.00 bits per heavy atom. The van der Waals surface area contributed by atoms with Gasteiger partial charge in [0.1, 0.15) is 16.1 Å². The minimum absolute atomic E-state index is 0.257. The van der Waals surface area contributed by atoms with Crippen molar-refractivity contribution in [2.75, 3.05) is 11.9 Å². The van der Waals surface area contributed by atoms with Crippen LogP contribution in [0.1, 0.15) is 5.69 Å². The lowest BCUT2D eigenvalue weighted by atomic mass is 10.2. The van der Waals surface area contributed by atoms with Crippen molar-refractivity contribution >= 4 is 21.7 Å². The SMILES string of the molecule is FC(F)(CNc1cccc(Br)n1)c1ccccn1. The molecule has 0 saturated heterocycles. The predicted molar refractivity (Wildman–Crippen MR) is 68.6 cm³/mol. The van der Waals surface area contributed by atoms with E-state index in [2.05, 4.69) is 31.2 Å². The fourth-order valence-corrected chi connectivity index (χ4v) is 1.72. The van der Waals surface area contributed by atoms with E-state index in [9.17, 15) is 8.78 Å². The second-order valence-corrected chi connectivity index (χ2v) is 4.43. The normalized spacial score (nSPS) is 11.3. The van der Waals surface area contributed by atoms with Crippen LogP contribution in [0.3, 0.4) is 0 Å². The van der Waals surface area contributed by atoms with Crippen LogP contribution in [-0.4, -0.2) is 16.5 Å². The van der Waals surface area contributed by atoms with Crippen LogP contribution in [0.5, 0.6) is 0 Å². The first-order chi connectivity index (χ1) is 8.58. The maximum atomic E-state index is 13.8. The van der Waals surface area contributed by atoms with Gasteiger partial charge in [-0.25, -0.2) is 4.98 Å². The van der Waals surface area contributed by atoms with Gasteiger partial charge in [0.15, 0.2) is 0 Å². The molecule has 0 amide bonds. The van der Waals surface area contributed by atoms with Gasteiger partial charge in [-0.2, -0.15) is 8.78 Å². The number of hydrogen-bond acceptors (Lipinski definition) is 3. The van der Waals surface area contributed by atoms with Crippen molar-refractivity contribution in [2.45, 2.75) is 5.92 Å². The van der Waals surface area contributed by atoms with E-state index in [4.69, 9.17) is 0 Å². The smallest absolute Gasteiger partial charge is 0.306 e. The molecular weight excluding hydrogens is 304 g/mol. The van der Waals surface area contributed by atoms with Gasteiger partial charge in [-0.1, -0.05) is 12.1 Å². The third kappa shape index (κ3) is 3.22. The van der Waals surface area contributed by atoms with Crippen molar-refractivity contribution in [2.24, 2.45) is 0 Å². The Morgan fingerprint density at radius 3 is 2.67 bits per heavy atom. The topological polar surface area (TPSA) is 37.8 Å². The summed E-state index contributed by atoms with van der Waals surface area (Å²) in [6.07, 6.45) is 1.35. The number of nitrogens with zero attached hydrogens (tertiary/aromatic N) is 2. The van der Waals surface area contributed by atoms with Crippen LogP contribution >= 0.6 is 15.9 Å². The summed E-state index contributed by atoms with van der Waals surface area (Å²) >= 11 is 3.18. The summed E-state index contributed by atoms with van der Waals surface area (Å²) in [4.78, 5) is 7.68. The Morgan fingerprint density at radius 1 is 1.17 bits per heavy atom. The molecule has 0 aliphatic heterocycles. The first-order valence-electron chi connectivity index (χ1n) is 5.24. The maximum Gasteiger partial charge on any atom is 0.306 e. The van der Waals surface area contributed by atoms with Crippen molar-refractivity contribution < 1.29 is 8.78 Å². The van der Waals surface area contributed by atoms with Gasteiger partial charge in [-0.05, 0) is 40.2 Å². The van der Waals surface area contributed by atoms with Crippen LogP contribution in [0.25, 0.3) is 0 Å². The highest BCUT2D eigenvalue weighted by atomic mass is 79.9. The van der Waals surface area contributed by atoms with Gasteiger partial charge in [0, 0.05) is 6.20 Å². The summed E-state index contributed by atoms with van der Waals surface area (Å²) in [7, 11) is 0. The Kier molecular flexibility index (Phi) is 3.86. The van der Waals surface area contributed by atoms with Crippen molar-refractivity contribution in [3.8, 4) is 0 Å². The molecule has 0 saturated carbocycles. The van der Waals surface area contributed by atoms with Crippen LogP contribution in [-0.2, 0) is 5.92 Å². The molecule has 0 bridgehead atoms. The molecule has 0 unspecified atom stereocenters. The lowest BCUT2D eigenvalue weighted by Crippen LogP contribution is -2.26. The summed E-state index contributed by atoms with van der Waals surface area (Å²) in [6, 6.07) is 9.51. The summed E-state index contributed by atoms with van der Waals surface area (Å²) < 4.78 is 28.1. The Balaban J connectivity index is 2.05. The number of nitrogens with one attached hydrogen (secondary N) is 1. The summed E-state index contributed by atoms with van der Waals surface area (Å²) in [6.45, 7) is -0.548. The van der Waals surface area contributed by atoms with Gasteiger partial charge in [0.05, 0.1) is 6.54 Å². The Bertz CT molecular complexity index is 520. The molecule has 1 N–H and O–H groups in total. The third-order valence-electron chi connectivity index (χ3n) is 2.25. The minimum atomic E-state index is -3.04. The third-order valence-corrected chi connectivity index (χ3v) is 2.69. The van der Waals surface area contributed by atoms with E-state index in [1.54, 1.807) is 24.3 Å². The number of pyridine rings is 2. The van der Waals surface area contributed by atoms with E-state index in [0.717, 1.165) is 0 Å². The van der Waals surface area contributed by atoms with E-state index in [-0.39, 0.29) is 5.69 Å². The van der Waals surface area contributed by atoms with Gasteiger partial charge in [0.2, 0.25) is 0 Å². The van der Waals surface area contributed by atoms with Crippen molar-refractivity contribution in [3.63, 3.8) is 0 Å². The molecule has 0 fully saturated rings. The zero-order valence-corrected chi connectivity index (χ0v) is 10.9. The quantitative estimate of drug-likeness (QED) is 0.879. The standard InChI is InChI=1S/C12H10BrF2N3/c13-10-5-3-6-11(18-10)17-8-12(14,15)9-4-1-2-7-16-9/h1-7H,8H2,(H,17,18). The van der Waals surface area contributed by atoms with Crippen molar-refractivity contribution in [3.05, 3.63) is 52.9 Å². The number of hydrogen-bond donors (Lipinski definition) is 1. The summed E-state index contributed by atoms with van der Waals surface area (Å²) in [5.41, 5.74) is -0.257. The van der Waals surface area contributed by atoms with Crippen LogP contribution in [0.4, 0.5) is 14.6 Å². The molecule has 2 aromatic rings. The molecule has 0 atom stereocenters. The molecule has 18 heavy (non-hydrogen) atoms. The van der Waals surface area contributed by atoms with Crippen molar-refractivity contribution in [1.82, 2.24) is 9.97 Å². The van der Waals surface area contributed by atoms with E-state index in [1.165, 1.54) is 18.3 Å². The van der Waals surface area contributed by atoms with Crippen LogP contribution in [0.2, 0.25) is 0 Å². The molecule has 94 valence electrons. The molecule has 0 aliphatic carbocycles. The van der Waals surface area contributed by atoms with Crippen molar-refractivity contribution in [1.29, 1.82) is 0 Å². The molecule has 0 spiro atoms. The zero-order chi connectivity index (χ0) is 13.0. The fraction of sp³-hybridized carbons (Fsp3) is 0.167. The molecular formula is C12H10BrF2N3. The average molecular weight is 314 g/mol. The molecule has 0 aromatic carbocycles. The van der Waals surface area contributed by atoms with Gasteiger partial charge < -0.3 is 5.32 Å². The molecule has 0 radical (unpaired) electrons. The predicted octanol–water partition coefficient (Wildman–Crippen LogP) is 3.44. The second-order valence-electron chi connectivity index (χ2n) is 3.62. The zero-order valence-electron chi connectivity index (χ0n) is 9.28. The van der Waals surface area contributed by atoms with Crippen LogP contribution in [0, 0.1) is 0 Å². The van der Waals surface area contributed by atoms with E-state index in [1.807, 2.05) is 0 Å². The number of halogens is 3. The molecule has 2 rings (SSSR count). The van der Waals surface area contributed by atoms with Crippen LogP contribution < -0.4 is 5.32 Å². The van der Waals surface area contributed by atoms with E-state index >= 15 is 0 Å². The highest BCUT2D eigenvalue weighted by molar-refractivity contribution is 9.10. The Hall–Kier alpha value is -1.56. The summed E-state index contributed by atoms with van der Waals surface area (Å²) in [5, 5.41) is 2.59. The number of aromatic nitrogens is 2. The minimum Gasteiger partial charge on any atom is -0.364 e. The molecule has 2 aromatic heterocycles. The van der Waals surface area contributed by atoms with Crippen LogP contribution in [0.15, 0.2) is 47.2 Å². The number of rotatable bonds is 4. The molecule has 6 heteroatoms. The van der Waals surface area contributed by atoms with E-state index in [0.29, 0.717) is 10.4 Å². The van der Waals surface area contributed by atoms with E-state index < -0.39 is 12.5 Å². The average Bonchev–Trinajstić information content (AvgIpc) is 2.38. The fourth-order valence-electron chi connectivity index (χ4n) is 1.38. The lowest BCUT2D eigenvalue weighted by molar-refractivity contribution is 0.00591. The number of anilines is 1. The highest BCUT2D eigenvalue weighted by Crippen LogP contribution is 2.26. The maximum absolute atomic E-state index is 13.8. The largest absolute Gasteiger partial charge is 0.364 e. The molecule has 3 nitrogen and oxygen atoms in total. The highest BCUT2D eigenvalue weighted by Gasteiger charge is 2.32. The van der Waals surface area contributed by atoms with Gasteiger partial charge in [-0.3, -0.25) is 4.98 Å². The first kappa shape index (κ1) is 12.9. The van der Waals surface area contributed by atoms with Gasteiger partial charge >= 0.3 is 5.92 Å². The molecule has 2 heterocycles. The summed E-state index contributed by atoms with van der Waals surface area (Å²) in [5.74, 6) is -2.65. The van der Waals surface area contributed by atoms with Gasteiger partial charge in [0.25, 0.3) is 0 Å². The van der Waals surface area contributed by atoms with Gasteiger partial charge in [-0.15, -0.1) is 0 Å². The monoisotopic (exact) mass is 313 g/mol. The second kappa shape index (κ2) is 5.39. The molecule has 0 aliphatic rings. The number of alkyl halides is 2. The lowest BCUT2D eigenvalue weighted by Gasteiger charge is -2.16. The first-order valence-corrected chi connectivity index (χ1v) is 6.03.